The maximum Gasteiger partial charge on any atom is 0.245 e. The second-order valence-corrected chi connectivity index (χ2v) is 6.12. The largest absolute Gasteiger partial charge is 0.496 e. The third kappa shape index (κ3) is 2.64. The van der Waals surface area contributed by atoms with E-state index < -0.39 is 0 Å². The monoisotopic (exact) mass is 293 g/mol. The lowest BCUT2D eigenvalue weighted by atomic mass is 10.1. The number of nitrogens with one attached hydrogen (secondary N) is 2. The van der Waals surface area contributed by atoms with E-state index in [0.29, 0.717) is 12.1 Å². The minimum Gasteiger partial charge on any atom is -0.496 e. The molecule has 6 nitrogen and oxygen atoms in total. The van der Waals surface area contributed by atoms with Crippen LogP contribution in [0.5, 0.6) is 5.75 Å². The van der Waals surface area contributed by atoms with Crippen molar-refractivity contribution in [1.82, 2.24) is 20.5 Å². The first-order valence-electron chi connectivity index (χ1n) is 6.72. The molecule has 2 aromatic rings. The Hall–Kier alpha value is -1.60. The number of anilines is 1. The fraction of sp³-hybridized carbons (Fsp3) is 0.538. The third-order valence-corrected chi connectivity index (χ3v) is 4.27. The van der Waals surface area contributed by atoms with Gasteiger partial charge in [-0.15, -0.1) is 16.4 Å². The van der Waals surface area contributed by atoms with Crippen LogP contribution in [0.25, 0.3) is 10.7 Å². The summed E-state index contributed by atoms with van der Waals surface area (Å²) in [6.07, 6.45) is 0. The predicted molar refractivity (Wildman–Crippen MR) is 80.5 cm³/mol. The standard InChI is InChI=1S/C13H19N5OS/c1-8-5-18(6-9(2)14-8)13-15-12(16-17-13)11-4-10(19-3)7-20-11/h4,7-9,14H,5-6H2,1-3H3,(H,15,16,17). The average Bonchev–Trinajstić information content (AvgIpc) is 3.06. The van der Waals surface area contributed by atoms with Gasteiger partial charge < -0.3 is 15.0 Å². The molecular weight excluding hydrogens is 274 g/mol. The van der Waals surface area contributed by atoms with Gasteiger partial charge in [0.2, 0.25) is 5.95 Å². The Bertz CT molecular complexity index is 571. The van der Waals surface area contributed by atoms with Gasteiger partial charge >= 0.3 is 0 Å². The fourth-order valence-electron chi connectivity index (χ4n) is 2.54. The van der Waals surface area contributed by atoms with E-state index >= 15 is 0 Å². The summed E-state index contributed by atoms with van der Waals surface area (Å²) < 4.78 is 5.20. The number of H-pyrrole nitrogens is 1. The summed E-state index contributed by atoms with van der Waals surface area (Å²) in [5.41, 5.74) is 0. The molecule has 0 saturated carbocycles. The molecule has 1 aliphatic rings. The Morgan fingerprint density at radius 2 is 2.10 bits per heavy atom. The summed E-state index contributed by atoms with van der Waals surface area (Å²) >= 11 is 1.60. The Morgan fingerprint density at radius 1 is 1.35 bits per heavy atom. The first-order valence-corrected chi connectivity index (χ1v) is 7.60. The highest BCUT2D eigenvalue weighted by molar-refractivity contribution is 7.13. The number of ether oxygens (including phenoxy) is 1. The van der Waals surface area contributed by atoms with Crippen molar-refractivity contribution in [2.24, 2.45) is 0 Å². The summed E-state index contributed by atoms with van der Waals surface area (Å²) in [7, 11) is 1.67. The number of aromatic amines is 1. The molecule has 1 aliphatic heterocycles. The lowest BCUT2D eigenvalue weighted by molar-refractivity contribution is 0.403. The van der Waals surface area contributed by atoms with Crippen molar-refractivity contribution < 1.29 is 4.74 Å². The number of hydrogen-bond donors (Lipinski definition) is 2. The van der Waals surface area contributed by atoms with E-state index in [1.54, 1.807) is 18.4 Å². The number of rotatable bonds is 3. The summed E-state index contributed by atoms with van der Waals surface area (Å²) in [6, 6.07) is 2.86. The van der Waals surface area contributed by atoms with Gasteiger partial charge in [-0.3, -0.25) is 5.10 Å². The Kier molecular flexibility index (Phi) is 3.62. The van der Waals surface area contributed by atoms with Crippen LogP contribution in [0.15, 0.2) is 11.4 Å². The molecule has 0 bridgehead atoms. The zero-order valence-electron chi connectivity index (χ0n) is 11.9. The minimum absolute atomic E-state index is 0.447. The van der Waals surface area contributed by atoms with Crippen LogP contribution < -0.4 is 15.0 Å². The molecule has 2 N–H and O–H groups in total. The van der Waals surface area contributed by atoms with Crippen LogP contribution in [0.3, 0.4) is 0 Å². The summed E-state index contributed by atoms with van der Waals surface area (Å²) in [5, 5.41) is 12.8. The Morgan fingerprint density at radius 3 is 2.75 bits per heavy atom. The van der Waals surface area contributed by atoms with Gasteiger partial charge in [0, 0.05) is 36.6 Å². The van der Waals surface area contributed by atoms with Gasteiger partial charge in [0.25, 0.3) is 0 Å². The van der Waals surface area contributed by atoms with E-state index in [1.165, 1.54) is 0 Å². The molecule has 2 aromatic heterocycles. The van der Waals surface area contributed by atoms with Crippen molar-refractivity contribution in [1.29, 1.82) is 0 Å². The minimum atomic E-state index is 0.447. The summed E-state index contributed by atoms with van der Waals surface area (Å²) in [5.74, 6) is 2.42. The van der Waals surface area contributed by atoms with Crippen molar-refractivity contribution in [2.75, 3.05) is 25.1 Å². The van der Waals surface area contributed by atoms with E-state index in [2.05, 4.69) is 39.2 Å². The Balaban J connectivity index is 1.79. The molecule has 3 heterocycles. The maximum atomic E-state index is 5.20. The zero-order chi connectivity index (χ0) is 14.1. The smallest absolute Gasteiger partial charge is 0.245 e. The highest BCUT2D eigenvalue weighted by Gasteiger charge is 2.24. The number of aromatic nitrogens is 3. The summed E-state index contributed by atoms with van der Waals surface area (Å²) in [6.45, 7) is 6.21. The topological polar surface area (TPSA) is 66.1 Å². The summed E-state index contributed by atoms with van der Waals surface area (Å²) in [4.78, 5) is 7.86. The molecule has 1 saturated heterocycles. The highest BCUT2D eigenvalue weighted by atomic mass is 32.1. The molecule has 2 unspecified atom stereocenters. The van der Waals surface area contributed by atoms with E-state index in [9.17, 15) is 0 Å². The van der Waals surface area contributed by atoms with Gasteiger partial charge in [0.1, 0.15) is 5.75 Å². The fourth-order valence-corrected chi connectivity index (χ4v) is 3.34. The van der Waals surface area contributed by atoms with Crippen LogP contribution in [0.1, 0.15) is 13.8 Å². The van der Waals surface area contributed by atoms with Crippen LogP contribution in [0.2, 0.25) is 0 Å². The molecule has 0 aromatic carbocycles. The van der Waals surface area contributed by atoms with Crippen molar-refractivity contribution >= 4 is 17.3 Å². The number of nitrogens with zero attached hydrogens (tertiary/aromatic N) is 3. The van der Waals surface area contributed by atoms with Gasteiger partial charge in [-0.2, -0.15) is 4.98 Å². The van der Waals surface area contributed by atoms with E-state index in [0.717, 1.165) is 35.5 Å². The second-order valence-electron chi connectivity index (χ2n) is 5.21. The van der Waals surface area contributed by atoms with E-state index in [-0.39, 0.29) is 0 Å². The van der Waals surface area contributed by atoms with Gasteiger partial charge in [-0.1, -0.05) is 0 Å². The van der Waals surface area contributed by atoms with Crippen molar-refractivity contribution in [3.63, 3.8) is 0 Å². The first kappa shape index (κ1) is 13.4. The SMILES string of the molecule is COc1csc(-c2nc(N3CC(C)NC(C)C3)n[nH]2)c1. The Labute approximate surface area is 122 Å². The molecule has 108 valence electrons. The predicted octanol–water partition coefficient (Wildman–Crippen LogP) is 1.73. The van der Waals surface area contributed by atoms with Crippen molar-refractivity contribution in [3.05, 3.63) is 11.4 Å². The normalized spacial score (nSPS) is 23.1. The zero-order valence-corrected chi connectivity index (χ0v) is 12.7. The van der Waals surface area contributed by atoms with Gasteiger partial charge in [-0.05, 0) is 13.8 Å². The van der Waals surface area contributed by atoms with Gasteiger partial charge in [-0.25, -0.2) is 0 Å². The van der Waals surface area contributed by atoms with Crippen LogP contribution in [0, 0.1) is 0 Å². The van der Waals surface area contributed by atoms with Crippen molar-refractivity contribution in [3.8, 4) is 16.5 Å². The lowest BCUT2D eigenvalue weighted by Gasteiger charge is -2.35. The molecule has 2 atom stereocenters. The lowest BCUT2D eigenvalue weighted by Crippen LogP contribution is -2.54. The molecule has 20 heavy (non-hydrogen) atoms. The molecular formula is C13H19N5OS. The van der Waals surface area contributed by atoms with Crippen molar-refractivity contribution in [2.45, 2.75) is 25.9 Å². The quantitative estimate of drug-likeness (QED) is 0.902. The highest BCUT2D eigenvalue weighted by Crippen LogP contribution is 2.29. The molecule has 0 aliphatic carbocycles. The number of methoxy groups -OCH3 is 1. The molecule has 1 fully saturated rings. The molecule has 0 amide bonds. The maximum absolute atomic E-state index is 5.20. The average molecular weight is 293 g/mol. The van der Waals surface area contributed by atoms with Gasteiger partial charge in [0.15, 0.2) is 5.82 Å². The number of thiophene rings is 1. The van der Waals surface area contributed by atoms with Crippen LogP contribution >= 0.6 is 11.3 Å². The van der Waals surface area contributed by atoms with E-state index in [1.807, 2.05) is 11.4 Å². The van der Waals surface area contributed by atoms with Crippen LogP contribution in [0.4, 0.5) is 5.95 Å². The first-order chi connectivity index (χ1) is 9.65. The number of piperazine rings is 1. The van der Waals surface area contributed by atoms with E-state index in [4.69, 9.17) is 4.74 Å². The second kappa shape index (κ2) is 5.41. The van der Waals surface area contributed by atoms with Gasteiger partial charge in [0.05, 0.1) is 12.0 Å². The molecule has 7 heteroatoms. The van der Waals surface area contributed by atoms with Crippen LogP contribution in [-0.2, 0) is 0 Å². The third-order valence-electron chi connectivity index (χ3n) is 3.36. The molecule has 3 rings (SSSR count). The molecule has 0 radical (unpaired) electrons. The van der Waals surface area contributed by atoms with Crippen LogP contribution in [-0.4, -0.2) is 47.5 Å². The molecule has 0 spiro atoms. The number of hydrogen-bond acceptors (Lipinski definition) is 6.